The number of hydrogen-bond acceptors (Lipinski definition) is 4. The topological polar surface area (TPSA) is 65.4 Å². The van der Waals surface area contributed by atoms with Crippen molar-refractivity contribution in [1.82, 2.24) is 9.78 Å². The van der Waals surface area contributed by atoms with Gasteiger partial charge in [0.05, 0.1) is 26.3 Å². The normalized spacial score (nSPS) is 10.5. The molecule has 0 spiro atoms. The van der Waals surface area contributed by atoms with Crippen molar-refractivity contribution in [3.05, 3.63) is 70.6 Å². The Morgan fingerprint density at radius 1 is 1.19 bits per heavy atom. The van der Waals surface area contributed by atoms with Gasteiger partial charge < -0.3 is 14.8 Å². The molecular weight excluding hydrogens is 373 g/mol. The Hall–Kier alpha value is -3.06. The third-order valence-corrected chi connectivity index (χ3v) is 4.23. The lowest BCUT2D eigenvalue weighted by molar-refractivity contribution is 0.102. The maximum absolute atomic E-state index is 13.1. The number of nitrogens with zero attached hydrogens (tertiary/aromatic N) is 2. The first-order valence-corrected chi connectivity index (χ1v) is 8.38. The average molecular weight is 390 g/mol. The number of amides is 1. The smallest absolute Gasteiger partial charge is 0.260 e. The summed E-state index contributed by atoms with van der Waals surface area (Å²) in [6, 6.07) is 10.8. The highest BCUT2D eigenvalue weighted by Crippen LogP contribution is 2.25. The molecule has 8 heteroatoms. The highest BCUT2D eigenvalue weighted by atomic mass is 35.5. The number of carbonyl (C=O) groups excluding carboxylic acids is 1. The van der Waals surface area contributed by atoms with Crippen LogP contribution < -0.4 is 14.8 Å². The molecule has 1 N–H and O–H groups in total. The molecule has 0 aliphatic heterocycles. The molecule has 1 aromatic heterocycles. The van der Waals surface area contributed by atoms with Gasteiger partial charge in [-0.05, 0) is 29.8 Å². The quantitative estimate of drug-likeness (QED) is 0.692. The lowest BCUT2D eigenvalue weighted by Gasteiger charge is -2.10. The van der Waals surface area contributed by atoms with E-state index in [1.54, 1.807) is 41.2 Å². The molecule has 0 bridgehead atoms. The van der Waals surface area contributed by atoms with Crippen molar-refractivity contribution in [2.24, 2.45) is 0 Å². The van der Waals surface area contributed by atoms with Gasteiger partial charge in [-0.1, -0.05) is 17.7 Å². The monoisotopic (exact) mass is 389 g/mol. The van der Waals surface area contributed by atoms with Gasteiger partial charge in [-0.2, -0.15) is 5.10 Å². The minimum Gasteiger partial charge on any atom is -0.497 e. The van der Waals surface area contributed by atoms with Crippen LogP contribution in [0.5, 0.6) is 11.5 Å². The maximum Gasteiger partial charge on any atom is 0.260 e. The van der Waals surface area contributed by atoms with Crippen LogP contribution in [-0.4, -0.2) is 29.9 Å². The van der Waals surface area contributed by atoms with Gasteiger partial charge >= 0.3 is 0 Å². The van der Waals surface area contributed by atoms with E-state index in [0.29, 0.717) is 34.4 Å². The van der Waals surface area contributed by atoms with Gasteiger partial charge in [0, 0.05) is 23.4 Å². The van der Waals surface area contributed by atoms with Crippen molar-refractivity contribution in [3.63, 3.8) is 0 Å². The van der Waals surface area contributed by atoms with E-state index < -0.39 is 5.82 Å². The summed E-state index contributed by atoms with van der Waals surface area (Å²) in [6.07, 6.45) is 1.69. The number of nitrogens with one attached hydrogen (secondary N) is 1. The van der Waals surface area contributed by atoms with E-state index >= 15 is 0 Å². The second-order valence-corrected chi connectivity index (χ2v) is 6.06. The number of hydrogen-bond donors (Lipinski definition) is 1. The summed E-state index contributed by atoms with van der Waals surface area (Å²) in [6.45, 7) is 0.348. The van der Waals surface area contributed by atoms with Crippen LogP contribution in [-0.2, 0) is 6.54 Å². The van der Waals surface area contributed by atoms with Crippen LogP contribution in [0.15, 0.2) is 48.7 Å². The number of anilines is 1. The number of ether oxygens (including phenoxy) is 2. The number of aromatic nitrogens is 2. The van der Waals surface area contributed by atoms with E-state index in [2.05, 4.69) is 10.4 Å². The molecule has 0 aliphatic carbocycles. The fourth-order valence-electron chi connectivity index (χ4n) is 2.51. The number of carbonyl (C=O) groups is 1. The lowest BCUT2D eigenvalue weighted by Crippen LogP contribution is -2.14. The molecule has 3 rings (SSSR count). The van der Waals surface area contributed by atoms with Gasteiger partial charge in [0.2, 0.25) is 0 Å². The van der Waals surface area contributed by atoms with Crippen LogP contribution in [0, 0.1) is 5.82 Å². The molecule has 27 heavy (non-hydrogen) atoms. The second kappa shape index (κ2) is 8.09. The summed E-state index contributed by atoms with van der Waals surface area (Å²) in [7, 11) is 3.02. The first-order valence-electron chi connectivity index (χ1n) is 8.01. The fraction of sp³-hybridized carbons (Fsp3) is 0.158. The van der Waals surface area contributed by atoms with Crippen LogP contribution in [0.4, 0.5) is 10.2 Å². The summed E-state index contributed by atoms with van der Waals surface area (Å²) in [5, 5.41) is 7.32. The number of halogens is 2. The summed E-state index contributed by atoms with van der Waals surface area (Å²) < 4.78 is 25.1. The van der Waals surface area contributed by atoms with Crippen molar-refractivity contribution in [2.45, 2.75) is 6.54 Å². The van der Waals surface area contributed by atoms with Gasteiger partial charge in [0.1, 0.15) is 17.3 Å². The molecule has 1 amide bonds. The van der Waals surface area contributed by atoms with E-state index in [9.17, 15) is 9.18 Å². The Morgan fingerprint density at radius 3 is 2.70 bits per heavy atom. The van der Waals surface area contributed by atoms with E-state index in [4.69, 9.17) is 21.1 Å². The minimum absolute atomic E-state index is 0.319. The molecule has 140 valence electrons. The van der Waals surface area contributed by atoms with Crippen molar-refractivity contribution >= 4 is 23.3 Å². The van der Waals surface area contributed by atoms with Crippen molar-refractivity contribution in [2.75, 3.05) is 19.5 Å². The first-order chi connectivity index (χ1) is 13.0. The zero-order valence-corrected chi connectivity index (χ0v) is 15.5. The van der Waals surface area contributed by atoms with Crippen molar-refractivity contribution in [3.8, 4) is 11.5 Å². The molecule has 3 aromatic rings. The molecule has 0 fully saturated rings. The molecule has 0 unspecified atom stereocenters. The van der Waals surface area contributed by atoms with Gasteiger partial charge in [0.15, 0.2) is 5.82 Å². The van der Waals surface area contributed by atoms with Gasteiger partial charge in [0.25, 0.3) is 5.91 Å². The third kappa shape index (κ3) is 4.38. The summed E-state index contributed by atoms with van der Waals surface area (Å²) in [5.41, 5.74) is 1.07. The number of benzene rings is 2. The van der Waals surface area contributed by atoms with E-state index in [-0.39, 0.29) is 5.91 Å². The second-order valence-electron chi connectivity index (χ2n) is 5.65. The Labute approximate surface area is 160 Å². The van der Waals surface area contributed by atoms with Crippen molar-refractivity contribution in [1.29, 1.82) is 0 Å². The third-order valence-electron chi connectivity index (χ3n) is 3.88. The molecular formula is C19H17ClFN3O3. The van der Waals surface area contributed by atoms with Gasteiger partial charge in [-0.25, -0.2) is 4.39 Å². The zero-order chi connectivity index (χ0) is 19.4. The van der Waals surface area contributed by atoms with Crippen LogP contribution in [0.2, 0.25) is 5.02 Å². The molecule has 0 saturated heterocycles. The first kappa shape index (κ1) is 18.7. The lowest BCUT2D eigenvalue weighted by atomic mass is 10.1. The summed E-state index contributed by atoms with van der Waals surface area (Å²) in [4.78, 5) is 12.5. The van der Waals surface area contributed by atoms with Crippen LogP contribution in [0.3, 0.4) is 0 Å². The molecule has 6 nitrogen and oxygen atoms in total. The molecule has 0 aliphatic rings. The zero-order valence-electron chi connectivity index (χ0n) is 14.7. The molecule has 0 saturated carbocycles. The van der Waals surface area contributed by atoms with E-state index in [1.807, 2.05) is 0 Å². The fourth-order valence-corrected chi connectivity index (χ4v) is 2.74. The highest BCUT2D eigenvalue weighted by Gasteiger charge is 2.15. The Kier molecular flexibility index (Phi) is 5.61. The largest absolute Gasteiger partial charge is 0.497 e. The molecule has 0 atom stereocenters. The molecule has 2 aromatic carbocycles. The maximum atomic E-state index is 13.1. The predicted molar refractivity (Wildman–Crippen MR) is 100 cm³/mol. The van der Waals surface area contributed by atoms with Crippen LogP contribution >= 0.6 is 11.6 Å². The standard InChI is InChI=1S/C19H17ClFN3O3/c1-26-14-5-6-15(17(10-14)27-2)19(25)22-18-7-8-24(23-18)11-12-3-4-13(21)9-16(12)20/h3-10H,11H2,1-2H3,(H,22,23,25). The van der Waals surface area contributed by atoms with Crippen LogP contribution in [0.1, 0.15) is 15.9 Å². The van der Waals surface area contributed by atoms with Gasteiger partial charge in [-0.15, -0.1) is 0 Å². The molecule has 0 radical (unpaired) electrons. The highest BCUT2D eigenvalue weighted by molar-refractivity contribution is 6.31. The number of methoxy groups -OCH3 is 2. The summed E-state index contributed by atoms with van der Waals surface area (Å²) >= 11 is 6.03. The van der Waals surface area contributed by atoms with E-state index in [0.717, 1.165) is 5.56 Å². The van der Waals surface area contributed by atoms with Gasteiger partial charge in [-0.3, -0.25) is 9.48 Å². The Bertz CT molecular complexity index is 975. The van der Waals surface area contributed by atoms with E-state index in [1.165, 1.54) is 26.4 Å². The Balaban J connectivity index is 1.73. The summed E-state index contributed by atoms with van der Waals surface area (Å²) in [5.74, 6) is 0.592. The minimum atomic E-state index is -0.398. The van der Waals surface area contributed by atoms with Crippen LogP contribution in [0.25, 0.3) is 0 Å². The number of rotatable bonds is 6. The Morgan fingerprint density at radius 2 is 2.00 bits per heavy atom. The average Bonchev–Trinajstić information content (AvgIpc) is 3.10. The predicted octanol–water partition coefficient (Wildman–Crippen LogP) is 3.99. The van der Waals surface area contributed by atoms with Crippen molar-refractivity contribution < 1.29 is 18.7 Å². The molecule has 1 heterocycles. The SMILES string of the molecule is COc1ccc(C(=O)Nc2ccn(Cc3ccc(F)cc3Cl)n2)c(OC)c1.